The molecule has 1 rings (SSSR count). The molecule has 0 bridgehead atoms. The van der Waals surface area contributed by atoms with Gasteiger partial charge in [0.1, 0.15) is 0 Å². The minimum Gasteiger partial charge on any atom is -0.481 e. The second kappa shape index (κ2) is 6.46. The molecule has 1 aliphatic carbocycles. The highest BCUT2D eigenvalue weighted by Crippen LogP contribution is 2.39. The highest BCUT2D eigenvalue weighted by molar-refractivity contribution is 8.00. The van der Waals surface area contributed by atoms with Crippen LogP contribution in [0.4, 0.5) is 4.79 Å². The van der Waals surface area contributed by atoms with Gasteiger partial charge < -0.3 is 15.7 Å². The molecule has 1 aliphatic rings. The van der Waals surface area contributed by atoms with Gasteiger partial charge in [-0.25, -0.2) is 4.79 Å². The molecule has 0 aromatic carbocycles. The van der Waals surface area contributed by atoms with Gasteiger partial charge in [-0.1, -0.05) is 12.8 Å². The molecule has 0 aromatic heterocycles. The average Bonchev–Trinajstić information content (AvgIpc) is 2.85. The van der Waals surface area contributed by atoms with Crippen LogP contribution < -0.4 is 10.6 Å². The summed E-state index contributed by atoms with van der Waals surface area (Å²) < 4.78 is 0.143. The van der Waals surface area contributed by atoms with Gasteiger partial charge in [-0.2, -0.15) is 11.8 Å². The van der Waals surface area contributed by atoms with Crippen molar-refractivity contribution in [1.82, 2.24) is 10.6 Å². The first-order chi connectivity index (χ1) is 9.56. The first-order valence-corrected chi connectivity index (χ1v) is 8.63. The highest BCUT2D eigenvalue weighted by atomic mass is 32.2. The van der Waals surface area contributed by atoms with Gasteiger partial charge in [0.2, 0.25) is 0 Å². The van der Waals surface area contributed by atoms with Gasteiger partial charge >= 0.3 is 12.0 Å². The van der Waals surface area contributed by atoms with Gasteiger partial charge in [-0.15, -0.1) is 0 Å². The molecule has 5 nitrogen and oxygen atoms in total. The van der Waals surface area contributed by atoms with Crippen molar-refractivity contribution < 1.29 is 14.7 Å². The second-order valence-corrected chi connectivity index (χ2v) is 8.23. The van der Waals surface area contributed by atoms with E-state index in [0.717, 1.165) is 12.8 Å². The predicted molar refractivity (Wildman–Crippen MR) is 86.7 cm³/mol. The third-order valence-corrected chi connectivity index (χ3v) is 6.46. The lowest BCUT2D eigenvalue weighted by atomic mass is 9.74. The Morgan fingerprint density at radius 3 is 2.14 bits per heavy atom. The molecule has 0 aromatic rings. The van der Waals surface area contributed by atoms with E-state index in [1.54, 1.807) is 27.7 Å². The van der Waals surface area contributed by atoms with Crippen LogP contribution in [0.15, 0.2) is 0 Å². The number of hydrogen-bond donors (Lipinski definition) is 3. The smallest absolute Gasteiger partial charge is 0.315 e. The van der Waals surface area contributed by atoms with Gasteiger partial charge in [-0.05, 0) is 46.8 Å². The number of urea groups is 1. The number of amides is 2. The van der Waals surface area contributed by atoms with Gasteiger partial charge in [0, 0.05) is 11.3 Å². The summed E-state index contributed by atoms with van der Waals surface area (Å²) in [6.45, 7) is 7.34. The maximum absolute atomic E-state index is 12.1. The molecule has 0 aliphatic heterocycles. The van der Waals surface area contributed by atoms with Gasteiger partial charge in [0.25, 0.3) is 0 Å². The largest absolute Gasteiger partial charge is 0.481 e. The maximum atomic E-state index is 12.1. The van der Waals surface area contributed by atoms with Crippen molar-refractivity contribution in [3.63, 3.8) is 0 Å². The van der Waals surface area contributed by atoms with E-state index in [-0.39, 0.29) is 10.8 Å². The number of rotatable bonds is 6. The third kappa shape index (κ3) is 4.05. The minimum atomic E-state index is -1.05. The molecular formula is C15H28N2O3S. The Kier molecular flexibility index (Phi) is 5.58. The van der Waals surface area contributed by atoms with Gasteiger partial charge in [-0.3, -0.25) is 4.79 Å². The number of nitrogens with one attached hydrogen (secondary N) is 2. The van der Waals surface area contributed by atoms with E-state index in [0.29, 0.717) is 6.54 Å². The molecule has 0 saturated heterocycles. The Morgan fingerprint density at radius 1 is 1.19 bits per heavy atom. The van der Waals surface area contributed by atoms with Crippen LogP contribution in [0.5, 0.6) is 0 Å². The molecule has 0 spiro atoms. The zero-order valence-electron chi connectivity index (χ0n) is 13.7. The van der Waals surface area contributed by atoms with E-state index in [4.69, 9.17) is 0 Å². The Hall–Kier alpha value is -0.910. The summed E-state index contributed by atoms with van der Waals surface area (Å²) in [5, 5.41) is 15.0. The molecule has 21 heavy (non-hydrogen) atoms. The number of hydrogen-bond acceptors (Lipinski definition) is 3. The first-order valence-electron chi connectivity index (χ1n) is 7.41. The van der Waals surface area contributed by atoms with Crippen LogP contribution in [0.3, 0.4) is 0 Å². The highest BCUT2D eigenvalue weighted by Gasteiger charge is 2.44. The van der Waals surface area contributed by atoms with Crippen molar-refractivity contribution >= 4 is 23.8 Å². The Morgan fingerprint density at radius 2 is 1.71 bits per heavy atom. The van der Waals surface area contributed by atoms with E-state index in [9.17, 15) is 14.7 Å². The summed E-state index contributed by atoms with van der Waals surface area (Å²) in [5.41, 5.74) is -1.89. The SMILES string of the molecule is CSC1(CNC(=O)NC(C)(C)C(C)(C)C(=O)O)CCCC1. The molecule has 0 heterocycles. The molecule has 1 saturated carbocycles. The standard InChI is InChI=1S/C15H28N2O3S/c1-13(2,11(18)19)14(3,4)17-12(20)16-10-15(21-5)8-6-7-9-15/h6-10H2,1-5H3,(H,18,19)(H2,16,17,20). The zero-order valence-corrected chi connectivity index (χ0v) is 14.5. The van der Waals surface area contributed by atoms with E-state index < -0.39 is 16.9 Å². The predicted octanol–water partition coefficient (Wildman–Crippen LogP) is 2.85. The van der Waals surface area contributed by atoms with Gasteiger partial charge in [0.05, 0.1) is 11.0 Å². The lowest BCUT2D eigenvalue weighted by Crippen LogP contribution is -2.59. The molecule has 2 amide bonds. The number of carbonyl (C=O) groups excluding carboxylic acids is 1. The maximum Gasteiger partial charge on any atom is 0.315 e. The molecule has 0 atom stereocenters. The molecule has 0 unspecified atom stereocenters. The zero-order chi connectivity index (χ0) is 16.3. The fourth-order valence-electron chi connectivity index (χ4n) is 2.47. The number of thioether (sulfide) groups is 1. The average molecular weight is 316 g/mol. The van der Waals surface area contributed by atoms with Crippen molar-refractivity contribution in [1.29, 1.82) is 0 Å². The number of carbonyl (C=O) groups is 2. The normalized spacial score (nSPS) is 18.3. The van der Waals surface area contributed by atoms with Crippen LogP contribution in [-0.4, -0.2) is 40.2 Å². The molecule has 6 heteroatoms. The van der Waals surface area contributed by atoms with E-state index in [1.807, 2.05) is 11.8 Å². The van der Waals surface area contributed by atoms with Crippen LogP contribution in [0.25, 0.3) is 0 Å². The first kappa shape index (κ1) is 18.1. The van der Waals surface area contributed by atoms with Crippen molar-refractivity contribution in [2.24, 2.45) is 5.41 Å². The van der Waals surface area contributed by atoms with Crippen LogP contribution in [0, 0.1) is 5.41 Å². The lowest BCUT2D eigenvalue weighted by molar-refractivity contribution is -0.150. The monoisotopic (exact) mass is 316 g/mol. The van der Waals surface area contributed by atoms with Crippen LogP contribution >= 0.6 is 11.8 Å². The third-order valence-electron chi connectivity index (χ3n) is 5.04. The van der Waals surface area contributed by atoms with Crippen molar-refractivity contribution in [2.45, 2.75) is 63.7 Å². The Bertz CT molecular complexity index is 402. The Balaban J connectivity index is 2.59. The van der Waals surface area contributed by atoms with Crippen molar-refractivity contribution in [3.05, 3.63) is 0 Å². The van der Waals surface area contributed by atoms with Crippen LogP contribution in [0.1, 0.15) is 53.4 Å². The summed E-state index contributed by atoms with van der Waals surface area (Å²) in [6, 6.07) is -0.297. The van der Waals surface area contributed by atoms with E-state index >= 15 is 0 Å². The summed E-state index contributed by atoms with van der Waals surface area (Å²) in [4.78, 5) is 23.5. The second-order valence-electron chi connectivity index (χ2n) is 6.96. The van der Waals surface area contributed by atoms with Crippen molar-refractivity contribution in [2.75, 3.05) is 12.8 Å². The topological polar surface area (TPSA) is 78.4 Å². The molecule has 0 radical (unpaired) electrons. The minimum absolute atomic E-state index is 0.143. The molecule has 122 valence electrons. The summed E-state index contributed by atoms with van der Waals surface area (Å²) in [5.74, 6) is -0.927. The fraction of sp³-hybridized carbons (Fsp3) is 0.867. The quantitative estimate of drug-likeness (QED) is 0.704. The number of carboxylic acids is 1. The number of aliphatic carboxylic acids is 1. The number of carboxylic acid groups (broad SMARTS) is 1. The fourth-order valence-corrected chi connectivity index (χ4v) is 3.38. The van der Waals surface area contributed by atoms with E-state index in [2.05, 4.69) is 16.9 Å². The Labute approximate surface area is 131 Å². The molecular weight excluding hydrogens is 288 g/mol. The van der Waals surface area contributed by atoms with Crippen LogP contribution in [-0.2, 0) is 4.79 Å². The summed E-state index contributed by atoms with van der Waals surface area (Å²) >= 11 is 1.81. The van der Waals surface area contributed by atoms with Gasteiger partial charge in [0.15, 0.2) is 0 Å². The lowest BCUT2D eigenvalue weighted by Gasteiger charge is -2.39. The van der Waals surface area contributed by atoms with Crippen LogP contribution in [0.2, 0.25) is 0 Å². The van der Waals surface area contributed by atoms with E-state index in [1.165, 1.54) is 12.8 Å². The molecule has 3 N–H and O–H groups in total. The molecule has 1 fully saturated rings. The summed E-state index contributed by atoms with van der Waals surface area (Å²) in [6.07, 6.45) is 6.75. The van der Waals surface area contributed by atoms with Crippen molar-refractivity contribution in [3.8, 4) is 0 Å². The summed E-state index contributed by atoms with van der Waals surface area (Å²) in [7, 11) is 0.